The van der Waals surface area contributed by atoms with Gasteiger partial charge >= 0.3 is 0 Å². The Kier molecular flexibility index (Phi) is 4.62. The molecule has 2 atom stereocenters. The van der Waals surface area contributed by atoms with Crippen LogP contribution in [-0.4, -0.2) is 69.6 Å². The Morgan fingerprint density at radius 1 is 1.33 bits per heavy atom. The van der Waals surface area contributed by atoms with E-state index in [1.807, 2.05) is 30.7 Å². The van der Waals surface area contributed by atoms with Crippen molar-refractivity contribution in [3.63, 3.8) is 0 Å². The lowest BCUT2D eigenvalue weighted by Crippen LogP contribution is -2.70. The van der Waals surface area contributed by atoms with E-state index in [-0.39, 0.29) is 30.0 Å². The van der Waals surface area contributed by atoms with Crippen LogP contribution < -0.4 is 0 Å². The van der Waals surface area contributed by atoms with Crippen molar-refractivity contribution in [1.29, 1.82) is 0 Å². The summed E-state index contributed by atoms with van der Waals surface area (Å²) in [4.78, 5) is 32.7. The van der Waals surface area contributed by atoms with Crippen LogP contribution in [0.3, 0.4) is 0 Å². The van der Waals surface area contributed by atoms with Crippen LogP contribution >= 0.6 is 0 Å². The molecule has 0 unspecified atom stereocenters. The van der Waals surface area contributed by atoms with E-state index in [1.54, 1.807) is 24.1 Å². The van der Waals surface area contributed by atoms with E-state index in [0.717, 1.165) is 12.8 Å². The molecule has 3 heterocycles. The normalized spacial score (nSPS) is 25.3. The predicted molar refractivity (Wildman–Crippen MR) is 88.4 cm³/mol. The van der Waals surface area contributed by atoms with Crippen LogP contribution in [0.1, 0.15) is 37.3 Å². The van der Waals surface area contributed by atoms with E-state index in [2.05, 4.69) is 4.98 Å². The number of ether oxygens (including phenoxy) is 1. The number of likely N-dealkylation sites (tertiary alicyclic amines) is 2. The molecule has 0 spiro atoms. The van der Waals surface area contributed by atoms with Gasteiger partial charge in [-0.15, -0.1) is 0 Å². The fourth-order valence-electron chi connectivity index (χ4n) is 3.97. The number of piperidine rings is 1. The van der Waals surface area contributed by atoms with E-state index < -0.39 is 0 Å². The summed E-state index contributed by atoms with van der Waals surface area (Å²) in [5.74, 6) is 0.921. The number of methoxy groups -OCH3 is 1. The van der Waals surface area contributed by atoms with E-state index in [4.69, 9.17) is 4.74 Å². The molecular weight excluding hydrogens is 308 g/mol. The molecule has 7 nitrogen and oxygen atoms in total. The number of aromatic nitrogens is 2. The minimum Gasteiger partial charge on any atom is -0.369 e. The van der Waals surface area contributed by atoms with Gasteiger partial charge in [0.05, 0.1) is 6.04 Å². The molecule has 2 amide bonds. The molecule has 0 aliphatic carbocycles. The standard InChI is InChI=1S/C17H26N4O3/c1-11(2)21-13(14(24-4)16(21)22)12-5-8-20(9-6-12)17(23)15-18-7-10-19(15)3/h7,10-14H,5-6,8-9H2,1-4H3/t13-,14+/m0/s1. The van der Waals surface area contributed by atoms with Gasteiger partial charge in [-0.2, -0.15) is 0 Å². The third-order valence-electron chi connectivity index (χ3n) is 5.26. The second kappa shape index (κ2) is 6.55. The summed E-state index contributed by atoms with van der Waals surface area (Å²) in [6.07, 6.45) is 4.87. The van der Waals surface area contributed by atoms with Crippen molar-refractivity contribution in [2.75, 3.05) is 20.2 Å². The van der Waals surface area contributed by atoms with Gasteiger partial charge in [-0.3, -0.25) is 9.59 Å². The summed E-state index contributed by atoms with van der Waals surface area (Å²) in [7, 11) is 3.43. The largest absolute Gasteiger partial charge is 0.369 e. The highest BCUT2D eigenvalue weighted by molar-refractivity contribution is 5.91. The Labute approximate surface area is 142 Å². The molecule has 0 N–H and O–H groups in total. The molecule has 2 aliphatic heterocycles. The van der Waals surface area contributed by atoms with E-state index in [9.17, 15) is 9.59 Å². The first kappa shape index (κ1) is 17.0. The first-order valence-electron chi connectivity index (χ1n) is 8.57. The first-order chi connectivity index (χ1) is 11.5. The summed E-state index contributed by atoms with van der Waals surface area (Å²) >= 11 is 0. The smallest absolute Gasteiger partial charge is 0.289 e. The maximum absolute atomic E-state index is 12.5. The second-order valence-corrected chi connectivity index (χ2v) is 6.98. The Balaban J connectivity index is 1.63. The fourth-order valence-corrected chi connectivity index (χ4v) is 3.97. The van der Waals surface area contributed by atoms with Gasteiger partial charge in [-0.1, -0.05) is 0 Å². The van der Waals surface area contributed by atoms with E-state index >= 15 is 0 Å². The lowest BCUT2D eigenvalue weighted by atomic mass is 9.79. The fraction of sp³-hybridized carbons (Fsp3) is 0.706. The molecule has 24 heavy (non-hydrogen) atoms. The number of rotatable bonds is 4. The Hall–Kier alpha value is -1.89. The molecule has 2 aliphatic rings. The molecule has 3 rings (SSSR count). The van der Waals surface area contributed by atoms with Crippen molar-refractivity contribution in [2.24, 2.45) is 13.0 Å². The third kappa shape index (κ3) is 2.70. The monoisotopic (exact) mass is 334 g/mol. The molecular formula is C17H26N4O3. The Morgan fingerprint density at radius 2 is 2.00 bits per heavy atom. The van der Waals surface area contributed by atoms with E-state index in [0.29, 0.717) is 24.8 Å². The predicted octanol–water partition coefficient (Wildman–Crippen LogP) is 0.906. The zero-order valence-corrected chi connectivity index (χ0v) is 14.8. The minimum absolute atomic E-state index is 0.0188. The Morgan fingerprint density at radius 3 is 2.50 bits per heavy atom. The van der Waals surface area contributed by atoms with Crippen LogP contribution in [0.4, 0.5) is 0 Å². The van der Waals surface area contributed by atoms with E-state index in [1.165, 1.54) is 0 Å². The number of carbonyl (C=O) groups excluding carboxylic acids is 2. The summed E-state index contributed by atoms with van der Waals surface area (Å²) in [5, 5.41) is 0. The third-order valence-corrected chi connectivity index (χ3v) is 5.26. The molecule has 2 fully saturated rings. The molecule has 1 aromatic heterocycles. The van der Waals surface area contributed by atoms with Crippen molar-refractivity contribution < 1.29 is 14.3 Å². The molecule has 2 saturated heterocycles. The number of aryl methyl sites for hydroxylation is 1. The topological polar surface area (TPSA) is 67.7 Å². The first-order valence-corrected chi connectivity index (χ1v) is 8.57. The lowest BCUT2D eigenvalue weighted by molar-refractivity contribution is -0.181. The average molecular weight is 334 g/mol. The van der Waals surface area contributed by atoms with Crippen molar-refractivity contribution in [3.8, 4) is 0 Å². The number of nitrogens with zero attached hydrogens (tertiary/aromatic N) is 4. The average Bonchev–Trinajstić information content (AvgIpc) is 2.98. The van der Waals surface area contributed by atoms with Gasteiger partial charge in [-0.05, 0) is 32.6 Å². The van der Waals surface area contributed by atoms with Gasteiger partial charge in [0.15, 0.2) is 11.9 Å². The number of imidazole rings is 1. The van der Waals surface area contributed by atoms with Crippen LogP contribution in [-0.2, 0) is 16.6 Å². The lowest BCUT2D eigenvalue weighted by Gasteiger charge is -2.53. The molecule has 0 radical (unpaired) electrons. The number of carbonyl (C=O) groups is 2. The van der Waals surface area contributed by atoms with Gasteiger partial charge < -0.3 is 19.1 Å². The molecule has 0 saturated carbocycles. The maximum atomic E-state index is 12.5. The van der Waals surface area contributed by atoms with Gasteiger partial charge in [-0.25, -0.2) is 4.98 Å². The highest BCUT2D eigenvalue weighted by Crippen LogP contribution is 2.36. The number of hydrogen-bond donors (Lipinski definition) is 0. The number of β-lactam (4-membered cyclic amide) rings is 1. The molecule has 132 valence electrons. The SMILES string of the molecule is CO[C@H]1C(=O)N(C(C)C)[C@H]1C1CCN(C(=O)c2nccn2C)CC1. The van der Waals surface area contributed by atoms with Gasteiger partial charge in [0.1, 0.15) is 0 Å². The van der Waals surface area contributed by atoms with Crippen LogP contribution in [0.15, 0.2) is 12.4 Å². The van der Waals surface area contributed by atoms with Crippen molar-refractivity contribution in [1.82, 2.24) is 19.4 Å². The number of amides is 2. The minimum atomic E-state index is -0.325. The van der Waals surface area contributed by atoms with Gasteiger partial charge in [0, 0.05) is 45.7 Å². The molecule has 7 heteroatoms. The van der Waals surface area contributed by atoms with Crippen LogP contribution in [0, 0.1) is 5.92 Å². The highest BCUT2D eigenvalue weighted by Gasteiger charge is 2.52. The summed E-state index contributed by atoms with van der Waals surface area (Å²) in [6.45, 7) is 5.47. The zero-order valence-electron chi connectivity index (χ0n) is 14.8. The molecule has 1 aromatic rings. The maximum Gasteiger partial charge on any atom is 0.289 e. The number of hydrogen-bond acceptors (Lipinski definition) is 4. The van der Waals surface area contributed by atoms with Crippen molar-refractivity contribution >= 4 is 11.8 Å². The zero-order chi connectivity index (χ0) is 17.4. The summed E-state index contributed by atoms with van der Waals surface area (Å²) in [6, 6.07) is 0.314. The van der Waals surface area contributed by atoms with Gasteiger partial charge in [0.2, 0.25) is 0 Å². The quantitative estimate of drug-likeness (QED) is 0.768. The van der Waals surface area contributed by atoms with Crippen molar-refractivity contribution in [2.45, 2.75) is 44.9 Å². The molecule has 0 aromatic carbocycles. The summed E-state index contributed by atoms with van der Waals surface area (Å²) in [5.41, 5.74) is 0. The van der Waals surface area contributed by atoms with Crippen molar-refractivity contribution in [3.05, 3.63) is 18.2 Å². The highest BCUT2D eigenvalue weighted by atomic mass is 16.5. The Bertz CT molecular complexity index is 619. The summed E-state index contributed by atoms with van der Waals surface area (Å²) < 4.78 is 7.16. The van der Waals surface area contributed by atoms with Gasteiger partial charge in [0.25, 0.3) is 11.8 Å². The van der Waals surface area contributed by atoms with Crippen LogP contribution in [0.25, 0.3) is 0 Å². The van der Waals surface area contributed by atoms with Crippen LogP contribution in [0.2, 0.25) is 0 Å². The second-order valence-electron chi connectivity index (χ2n) is 6.98. The molecule has 0 bridgehead atoms. The van der Waals surface area contributed by atoms with Crippen LogP contribution in [0.5, 0.6) is 0 Å².